The van der Waals surface area contributed by atoms with Crippen molar-refractivity contribution in [3.63, 3.8) is 0 Å². The number of aliphatic hydroxyl groups excluding tert-OH is 1. The standard InChI is InChI=1S/C11H15ClN2O/c1-5-6-8(15)9-10(7(2)3)13-14(4)11(9)12/h1,7-8,15H,6H2,2-4H3. The van der Waals surface area contributed by atoms with E-state index in [0.717, 1.165) is 5.69 Å². The van der Waals surface area contributed by atoms with Crippen molar-refractivity contribution in [1.82, 2.24) is 9.78 Å². The molecule has 0 saturated carbocycles. The first-order valence-electron chi connectivity index (χ1n) is 4.82. The molecule has 0 aliphatic carbocycles. The number of aryl methyl sites for hydroxylation is 1. The lowest BCUT2D eigenvalue weighted by Crippen LogP contribution is -2.01. The lowest BCUT2D eigenvalue weighted by Gasteiger charge is -2.10. The molecule has 1 aromatic heterocycles. The summed E-state index contributed by atoms with van der Waals surface area (Å²) in [7, 11) is 1.75. The van der Waals surface area contributed by atoms with Crippen molar-refractivity contribution in [3.8, 4) is 12.3 Å². The summed E-state index contributed by atoms with van der Waals surface area (Å²) >= 11 is 6.06. The van der Waals surface area contributed by atoms with Crippen LogP contribution in [0.5, 0.6) is 0 Å². The summed E-state index contributed by atoms with van der Waals surface area (Å²) in [6.07, 6.45) is 4.70. The molecule has 1 rings (SSSR count). The minimum absolute atomic E-state index is 0.214. The Morgan fingerprint density at radius 2 is 2.20 bits per heavy atom. The maximum atomic E-state index is 9.86. The molecule has 0 aliphatic heterocycles. The van der Waals surface area contributed by atoms with Gasteiger partial charge in [-0.05, 0) is 5.92 Å². The molecule has 0 spiro atoms. The molecule has 1 heterocycles. The Bertz CT molecular complexity index is 390. The summed E-state index contributed by atoms with van der Waals surface area (Å²) in [5.74, 6) is 2.64. The minimum Gasteiger partial charge on any atom is -0.387 e. The predicted octanol–water partition coefficient (Wildman–Crippen LogP) is 2.25. The largest absolute Gasteiger partial charge is 0.387 e. The van der Waals surface area contributed by atoms with Crippen LogP contribution in [0.3, 0.4) is 0 Å². The number of rotatable bonds is 3. The Morgan fingerprint density at radius 3 is 2.67 bits per heavy atom. The van der Waals surface area contributed by atoms with E-state index < -0.39 is 6.10 Å². The van der Waals surface area contributed by atoms with Gasteiger partial charge in [-0.25, -0.2) is 0 Å². The van der Waals surface area contributed by atoms with Crippen LogP contribution in [0.2, 0.25) is 5.15 Å². The van der Waals surface area contributed by atoms with Crippen molar-refractivity contribution < 1.29 is 5.11 Å². The first kappa shape index (κ1) is 12.1. The SMILES string of the molecule is C#CCC(O)c1c(C(C)C)nn(C)c1Cl. The zero-order valence-electron chi connectivity index (χ0n) is 9.16. The van der Waals surface area contributed by atoms with E-state index in [1.54, 1.807) is 11.7 Å². The van der Waals surface area contributed by atoms with Gasteiger partial charge >= 0.3 is 0 Å². The fraction of sp³-hybridized carbons (Fsp3) is 0.545. The number of nitrogens with zero attached hydrogens (tertiary/aromatic N) is 2. The lowest BCUT2D eigenvalue weighted by atomic mass is 10.0. The van der Waals surface area contributed by atoms with E-state index in [9.17, 15) is 5.11 Å². The third-order valence-corrected chi connectivity index (χ3v) is 2.68. The van der Waals surface area contributed by atoms with Crippen LogP contribution in [0, 0.1) is 12.3 Å². The quantitative estimate of drug-likeness (QED) is 0.803. The van der Waals surface area contributed by atoms with Gasteiger partial charge in [-0.2, -0.15) is 5.10 Å². The second-order valence-corrected chi connectivity index (χ2v) is 4.15. The maximum absolute atomic E-state index is 9.86. The number of hydrogen-bond donors (Lipinski definition) is 1. The molecule has 0 fully saturated rings. The molecule has 0 amide bonds. The van der Waals surface area contributed by atoms with Gasteiger partial charge in [0, 0.05) is 19.0 Å². The van der Waals surface area contributed by atoms with E-state index in [0.29, 0.717) is 10.7 Å². The Kier molecular flexibility index (Phi) is 3.78. The fourth-order valence-corrected chi connectivity index (χ4v) is 1.75. The summed E-state index contributed by atoms with van der Waals surface area (Å²) in [4.78, 5) is 0. The summed E-state index contributed by atoms with van der Waals surface area (Å²) in [5, 5.41) is 14.6. The Hall–Kier alpha value is -0.980. The van der Waals surface area contributed by atoms with Crippen LogP contribution in [0.1, 0.15) is 43.5 Å². The van der Waals surface area contributed by atoms with Crippen molar-refractivity contribution in [2.45, 2.75) is 32.3 Å². The summed E-state index contributed by atoms with van der Waals surface area (Å²) in [6.45, 7) is 4.01. The molecule has 82 valence electrons. The monoisotopic (exact) mass is 226 g/mol. The van der Waals surface area contributed by atoms with Gasteiger partial charge < -0.3 is 5.11 Å². The summed E-state index contributed by atoms with van der Waals surface area (Å²) in [5.41, 5.74) is 1.47. The van der Waals surface area contributed by atoms with Crippen molar-refractivity contribution in [2.75, 3.05) is 0 Å². The topological polar surface area (TPSA) is 38.1 Å². The lowest BCUT2D eigenvalue weighted by molar-refractivity contribution is 0.182. The van der Waals surface area contributed by atoms with Gasteiger partial charge in [0.05, 0.1) is 11.8 Å². The Balaban J connectivity index is 3.20. The molecule has 4 heteroatoms. The van der Waals surface area contributed by atoms with Gasteiger partial charge in [-0.15, -0.1) is 12.3 Å². The average Bonchev–Trinajstić information content (AvgIpc) is 2.44. The normalized spacial score (nSPS) is 12.9. The molecule has 0 aromatic carbocycles. The molecular weight excluding hydrogens is 212 g/mol. The van der Waals surface area contributed by atoms with Crippen molar-refractivity contribution >= 4 is 11.6 Å². The minimum atomic E-state index is -0.728. The first-order chi connectivity index (χ1) is 6.99. The van der Waals surface area contributed by atoms with Crippen LogP contribution >= 0.6 is 11.6 Å². The molecule has 1 aromatic rings. The summed E-state index contributed by atoms with van der Waals surface area (Å²) < 4.78 is 1.56. The first-order valence-corrected chi connectivity index (χ1v) is 5.20. The zero-order valence-corrected chi connectivity index (χ0v) is 9.91. The van der Waals surface area contributed by atoms with E-state index in [4.69, 9.17) is 18.0 Å². The highest BCUT2D eigenvalue weighted by Gasteiger charge is 2.22. The highest BCUT2D eigenvalue weighted by Crippen LogP contribution is 2.31. The Labute approximate surface area is 95.1 Å². The van der Waals surface area contributed by atoms with Gasteiger partial charge in [-0.1, -0.05) is 25.4 Å². The van der Waals surface area contributed by atoms with Gasteiger partial charge in [0.1, 0.15) is 5.15 Å². The van der Waals surface area contributed by atoms with Crippen LogP contribution in [0.4, 0.5) is 0 Å². The van der Waals surface area contributed by atoms with Crippen molar-refractivity contribution in [1.29, 1.82) is 0 Å². The molecule has 3 nitrogen and oxygen atoms in total. The van der Waals surface area contributed by atoms with E-state index in [1.165, 1.54) is 0 Å². The van der Waals surface area contributed by atoms with E-state index in [2.05, 4.69) is 11.0 Å². The third kappa shape index (κ3) is 2.34. The van der Waals surface area contributed by atoms with Crippen LogP contribution in [-0.4, -0.2) is 14.9 Å². The molecular formula is C11H15ClN2O. The fourth-order valence-electron chi connectivity index (χ4n) is 1.49. The highest BCUT2D eigenvalue weighted by atomic mass is 35.5. The van der Waals surface area contributed by atoms with Crippen molar-refractivity contribution in [2.24, 2.45) is 7.05 Å². The van der Waals surface area contributed by atoms with Crippen LogP contribution < -0.4 is 0 Å². The smallest absolute Gasteiger partial charge is 0.132 e. The molecule has 0 bridgehead atoms. The maximum Gasteiger partial charge on any atom is 0.132 e. The third-order valence-electron chi connectivity index (χ3n) is 2.23. The van der Waals surface area contributed by atoms with E-state index in [-0.39, 0.29) is 12.3 Å². The molecule has 1 N–H and O–H groups in total. The molecule has 1 unspecified atom stereocenters. The predicted molar refractivity (Wildman–Crippen MR) is 60.7 cm³/mol. The number of aliphatic hydroxyl groups is 1. The zero-order chi connectivity index (χ0) is 11.6. The number of aromatic nitrogens is 2. The molecule has 1 atom stereocenters. The van der Waals surface area contributed by atoms with Gasteiger partial charge in [-0.3, -0.25) is 4.68 Å². The van der Waals surface area contributed by atoms with Gasteiger partial charge in [0.25, 0.3) is 0 Å². The van der Waals surface area contributed by atoms with Crippen molar-refractivity contribution in [3.05, 3.63) is 16.4 Å². The second-order valence-electron chi connectivity index (χ2n) is 3.79. The molecule has 0 aliphatic rings. The van der Waals surface area contributed by atoms with E-state index >= 15 is 0 Å². The highest BCUT2D eigenvalue weighted by molar-refractivity contribution is 6.30. The number of hydrogen-bond acceptors (Lipinski definition) is 2. The number of halogens is 1. The second kappa shape index (κ2) is 4.69. The van der Waals surface area contributed by atoms with Gasteiger partial charge in [0.2, 0.25) is 0 Å². The molecule has 0 radical (unpaired) electrons. The van der Waals surface area contributed by atoms with Crippen LogP contribution in [0.25, 0.3) is 0 Å². The van der Waals surface area contributed by atoms with E-state index in [1.807, 2.05) is 13.8 Å². The van der Waals surface area contributed by atoms with Crippen LogP contribution in [0.15, 0.2) is 0 Å². The molecule has 0 saturated heterocycles. The Morgan fingerprint density at radius 1 is 1.60 bits per heavy atom. The average molecular weight is 227 g/mol. The van der Waals surface area contributed by atoms with Gasteiger partial charge in [0.15, 0.2) is 0 Å². The summed E-state index contributed by atoms with van der Waals surface area (Å²) in [6, 6.07) is 0. The van der Waals surface area contributed by atoms with Crippen LogP contribution in [-0.2, 0) is 7.05 Å². The molecule has 15 heavy (non-hydrogen) atoms. The number of terminal acetylenes is 1.